The molecule has 1 atom stereocenters. The van der Waals surface area contributed by atoms with Gasteiger partial charge in [-0.05, 0) is 24.7 Å². The molecule has 3 N–H and O–H groups in total. The Balaban J connectivity index is 1.86. The third kappa shape index (κ3) is 3.82. The summed E-state index contributed by atoms with van der Waals surface area (Å²) in [6.45, 7) is 4.73. The number of carbonyl (C=O) groups excluding carboxylic acids is 1. The summed E-state index contributed by atoms with van der Waals surface area (Å²) in [5.74, 6) is 1.10. The predicted molar refractivity (Wildman–Crippen MR) is 77.2 cm³/mol. The third-order valence-electron chi connectivity index (χ3n) is 4.03. The molecule has 2 rings (SSSR count). The molecule has 0 saturated heterocycles. The van der Waals surface area contributed by atoms with Crippen LogP contribution in [-0.4, -0.2) is 17.4 Å². The highest BCUT2D eigenvalue weighted by atomic mass is 16.3. The number of hydrogen-bond acceptors (Lipinski definition) is 4. The van der Waals surface area contributed by atoms with Crippen molar-refractivity contribution in [3.63, 3.8) is 0 Å². The lowest BCUT2D eigenvalue weighted by molar-refractivity contribution is 0.0938. The van der Waals surface area contributed by atoms with Crippen LogP contribution in [0.5, 0.6) is 0 Å². The largest absolute Gasteiger partial charge is 0.446 e. The zero-order valence-corrected chi connectivity index (χ0v) is 12.4. The highest BCUT2D eigenvalue weighted by Gasteiger charge is 2.20. The number of nitrogens with zero attached hydrogens (tertiary/aromatic N) is 1. The van der Waals surface area contributed by atoms with Crippen LogP contribution < -0.4 is 11.1 Å². The summed E-state index contributed by atoms with van der Waals surface area (Å²) in [6, 6.07) is -0.269. The van der Waals surface area contributed by atoms with Crippen LogP contribution in [0.25, 0.3) is 0 Å². The Kier molecular flexibility index (Phi) is 5.17. The molecular formula is C15H25N3O2. The van der Waals surface area contributed by atoms with E-state index in [2.05, 4.69) is 10.3 Å². The van der Waals surface area contributed by atoms with E-state index in [0.717, 1.165) is 6.54 Å². The second-order valence-corrected chi connectivity index (χ2v) is 6.05. The van der Waals surface area contributed by atoms with Crippen molar-refractivity contribution < 1.29 is 9.21 Å². The Morgan fingerprint density at radius 1 is 1.45 bits per heavy atom. The number of oxazole rings is 1. The maximum atomic E-state index is 12.0. The molecule has 5 heteroatoms. The Morgan fingerprint density at radius 3 is 2.80 bits per heavy atom. The molecule has 1 amide bonds. The highest BCUT2D eigenvalue weighted by Crippen LogP contribution is 2.23. The molecular weight excluding hydrogens is 254 g/mol. The molecule has 1 aliphatic carbocycles. The minimum Gasteiger partial charge on any atom is -0.446 e. The van der Waals surface area contributed by atoms with Crippen LogP contribution in [0.3, 0.4) is 0 Å². The zero-order valence-electron chi connectivity index (χ0n) is 12.4. The summed E-state index contributed by atoms with van der Waals surface area (Å²) in [5, 5.41) is 2.95. The minimum absolute atomic E-state index is 0.165. The van der Waals surface area contributed by atoms with E-state index < -0.39 is 0 Å². The minimum atomic E-state index is -0.269. The van der Waals surface area contributed by atoms with Crippen molar-refractivity contribution in [1.29, 1.82) is 0 Å². The fraction of sp³-hybridized carbons (Fsp3) is 0.733. The first kappa shape index (κ1) is 15.0. The van der Waals surface area contributed by atoms with E-state index in [4.69, 9.17) is 10.2 Å². The fourth-order valence-corrected chi connectivity index (χ4v) is 2.55. The topological polar surface area (TPSA) is 81.1 Å². The number of amides is 1. The average Bonchev–Trinajstić information content (AvgIpc) is 2.94. The fourth-order valence-electron chi connectivity index (χ4n) is 2.55. The van der Waals surface area contributed by atoms with Gasteiger partial charge in [0.1, 0.15) is 6.26 Å². The Morgan fingerprint density at radius 2 is 2.15 bits per heavy atom. The predicted octanol–water partition coefficient (Wildman–Crippen LogP) is 2.64. The number of carbonyl (C=O) groups is 1. The summed E-state index contributed by atoms with van der Waals surface area (Å²) in [5.41, 5.74) is 6.28. The van der Waals surface area contributed by atoms with E-state index in [1.165, 1.54) is 38.4 Å². The van der Waals surface area contributed by atoms with Crippen molar-refractivity contribution in [2.45, 2.75) is 52.0 Å². The van der Waals surface area contributed by atoms with Crippen LogP contribution in [-0.2, 0) is 0 Å². The quantitative estimate of drug-likeness (QED) is 0.868. The van der Waals surface area contributed by atoms with Crippen molar-refractivity contribution in [2.24, 2.45) is 17.6 Å². The van der Waals surface area contributed by atoms with Crippen LogP contribution in [0.15, 0.2) is 10.7 Å². The second-order valence-electron chi connectivity index (χ2n) is 6.05. The van der Waals surface area contributed by atoms with Gasteiger partial charge in [-0.2, -0.15) is 0 Å². The first-order valence-corrected chi connectivity index (χ1v) is 7.57. The van der Waals surface area contributed by atoms with Crippen molar-refractivity contribution >= 4 is 5.91 Å². The van der Waals surface area contributed by atoms with Gasteiger partial charge in [0.15, 0.2) is 5.69 Å². The summed E-state index contributed by atoms with van der Waals surface area (Å²) in [7, 11) is 0. The van der Waals surface area contributed by atoms with Crippen LogP contribution >= 0.6 is 0 Å². The van der Waals surface area contributed by atoms with Gasteiger partial charge in [-0.1, -0.05) is 33.1 Å². The molecule has 1 unspecified atom stereocenters. The van der Waals surface area contributed by atoms with Gasteiger partial charge in [0, 0.05) is 6.54 Å². The van der Waals surface area contributed by atoms with E-state index in [1.807, 2.05) is 13.8 Å². The van der Waals surface area contributed by atoms with Gasteiger partial charge in [-0.15, -0.1) is 0 Å². The standard InChI is InChI=1S/C15H25N3O2/c1-10(2)13(16)15-18-12(9-20-15)14(19)17-8-11-6-4-3-5-7-11/h9-11,13H,3-8,16H2,1-2H3,(H,17,19). The summed E-state index contributed by atoms with van der Waals surface area (Å²) < 4.78 is 5.30. The molecule has 0 aromatic carbocycles. The van der Waals surface area contributed by atoms with E-state index in [1.54, 1.807) is 0 Å². The van der Waals surface area contributed by atoms with Crippen molar-refractivity contribution in [3.05, 3.63) is 17.8 Å². The SMILES string of the molecule is CC(C)C(N)c1nc(C(=O)NCC2CCCCC2)co1. The molecule has 0 radical (unpaired) electrons. The maximum Gasteiger partial charge on any atom is 0.273 e. The molecule has 5 nitrogen and oxygen atoms in total. The molecule has 0 bridgehead atoms. The normalized spacial score (nSPS) is 18.2. The first-order valence-electron chi connectivity index (χ1n) is 7.57. The van der Waals surface area contributed by atoms with E-state index in [9.17, 15) is 4.79 Å². The molecule has 1 aliphatic rings. The number of rotatable bonds is 5. The smallest absolute Gasteiger partial charge is 0.273 e. The Bertz CT molecular complexity index is 436. The molecule has 20 heavy (non-hydrogen) atoms. The second kappa shape index (κ2) is 6.88. The van der Waals surface area contributed by atoms with E-state index in [-0.39, 0.29) is 17.9 Å². The highest BCUT2D eigenvalue weighted by molar-refractivity contribution is 5.91. The summed E-state index contributed by atoms with van der Waals surface area (Å²) >= 11 is 0. The Labute approximate surface area is 120 Å². The van der Waals surface area contributed by atoms with Gasteiger partial charge in [0.05, 0.1) is 6.04 Å². The van der Waals surface area contributed by atoms with Crippen molar-refractivity contribution in [1.82, 2.24) is 10.3 Å². The lowest BCUT2D eigenvalue weighted by Crippen LogP contribution is -2.30. The Hall–Kier alpha value is -1.36. The van der Waals surface area contributed by atoms with Gasteiger partial charge in [0.2, 0.25) is 5.89 Å². The van der Waals surface area contributed by atoms with Gasteiger partial charge >= 0.3 is 0 Å². The molecule has 1 aromatic rings. The lowest BCUT2D eigenvalue weighted by atomic mass is 9.89. The van der Waals surface area contributed by atoms with E-state index >= 15 is 0 Å². The lowest BCUT2D eigenvalue weighted by Gasteiger charge is -2.21. The molecule has 0 spiro atoms. The van der Waals surface area contributed by atoms with Gasteiger partial charge in [0.25, 0.3) is 5.91 Å². The molecule has 1 aromatic heterocycles. The number of nitrogens with one attached hydrogen (secondary N) is 1. The van der Waals surface area contributed by atoms with E-state index in [0.29, 0.717) is 17.5 Å². The van der Waals surface area contributed by atoms with Gasteiger partial charge in [-0.25, -0.2) is 4.98 Å². The number of nitrogens with two attached hydrogens (primary N) is 1. The molecule has 112 valence electrons. The molecule has 1 heterocycles. The summed E-state index contributed by atoms with van der Waals surface area (Å²) in [6.07, 6.45) is 7.69. The van der Waals surface area contributed by atoms with Crippen molar-refractivity contribution in [3.8, 4) is 0 Å². The van der Waals surface area contributed by atoms with Crippen LogP contribution in [0.1, 0.15) is 68.4 Å². The molecule has 0 aliphatic heterocycles. The average molecular weight is 279 g/mol. The van der Waals surface area contributed by atoms with Gasteiger partial charge in [-0.3, -0.25) is 4.79 Å². The molecule has 1 fully saturated rings. The monoisotopic (exact) mass is 279 g/mol. The van der Waals surface area contributed by atoms with Crippen molar-refractivity contribution in [2.75, 3.05) is 6.54 Å². The third-order valence-corrected chi connectivity index (χ3v) is 4.03. The number of hydrogen-bond donors (Lipinski definition) is 2. The van der Waals surface area contributed by atoms with Crippen LogP contribution in [0.2, 0.25) is 0 Å². The van der Waals surface area contributed by atoms with Gasteiger partial charge < -0.3 is 15.5 Å². The maximum absolute atomic E-state index is 12.0. The summed E-state index contributed by atoms with van der Waals surface area (Å²) in [4.78, 5) is 16.2. The first-order chi connectivity index (χ1) is 9.58. The molecule has 1 saturated carbocycles. The number of aromatic nitrogens is 1. The zero-order chi connectivity index (χ0) is 14.5. The van der Waals surface area contributed by atoms with Crippen LogP contribution in [0.4, 0.5) is 0 Å². The van der Waals surface area contributed by atoms with Crippen LogP contribution in [0, 0.1) is 11.8 Å².